The molecule has 0 aliphatic heterocycles. The molecule has 20 heavy (non-hydrogen) atoms. The molecule has 106 valence electrons. The zero-order chi connectivity index (χ0) is 14.5. The summed E-state index contributed by atoms with van der Waals surface area (Å²) < 4.78 is 24.5. The molecule has 5 heteroatoms. The van der Waals surface area contributed by atoms with Gasteiger partial charge in [0, 0.05) is 17.1 Å². The van der Waals surface area contributed by atoms with Gasteiger partial charge in [0.25, 0.3) is 0 Å². The molecular formula is C15H15ClFNO2. The maximum Gasteiger partial charge on any atom is 0.161 e. The fourth-order valence-electron chi connectivity index (χ4n) is 1.75. The molecule has 2 N–H and O–H groups in total. The van der Waals surface area contributed by atoms with Gasteiger partial charge >= 0.3 is 0 Å². The van der Waals surface area contributed by atoms with Gasteiger partial charge in [-0.25, -0.2) is 4.39 Å². The number of benzene rings is 2. The van der Waals surface area contributed by atoms with Crippen LogP contribution in [-0.4, -0.2) is 7.11 Å². The van der Waals surface area contributed by atoms with Crippen molar-refractivity contribution >= 4 is 11.6 Å². The van der Waals surface area contributed by atoms with Crippen molar-refractivity contribution in [3.63, 3.8) is 0 Å². The van der Waals surface area contributed by atoms with Crippen LogP contribution in [0.15, 0.2) is 36.4 Å². The van der Waals surface area contributed by atoms with Gasteiger partial charge in [-0.05, 0) is 29.8 Å². The Bertz CT molecular complexity index is 604. The summed E-state index contributed by atoms with van der Waals surface area (Å²) in [5.74, 6) is 0.719. The maximum atomic E-state index is 13.6. The molecule has 0 fully saturated rings. The van der Waals surface area contributed by atoms with Crippen molar-refractivity contribution in [3.8, 4) is 11.5 Å². The van der Waals surface area contributed by atoms with Crippen molar-refractivity contribution in [1.29, 1.82) is 0 Å². The van der Waals surface area contributed by atoms with E-state index in [9.17, 15) is 4.39 Å². The molecule has 2 aromatic carbocycles. The predicted molar refractivity (Wildman–Crippen MR) is 76.6 cm³/mol. The van der Waals surface area contributed by atoms with E-state index in [1.807, 2.05) is 6.07 Å². The minimum Gasteiger partial charge on any atom is -0.493 e. The van der Waals surface area contributed by atoms with Gasteiger partial charge in [-0.3, -0.25) is 0 Å². The Hall–Kier alpha value is -1.78. The first-order valence-corrected chi connectivity index (χ1v) is 6.45. The average molecular weight is 296 g/mol. The predicted octanol–water partition coefficient (Wildman–Crippen LogP) is 3.53. The van der Waals surface area contributed by atoms with Gasteiger partial charge in [-0.2, -0.15) is 0 Å². The molecule has 0 heterocycles. The topological polar surface area (TPSA) is 44.5 Å². The Labute approximate surface area is 122 Å². The summed E-state index contributed by atoms with van der Waals surface area (Å²) in [5, 5.41) is 0.358. The zero-order valence-electron chi connectivity index (χ0n) is 11.0. The Morgan fingerprint density at radius 1 is 1.15 bits per heavy atom. The first-order valence-electron chi connectivity index (χ1n) is 6.07. The van der Waals surface area contributed by atoms with Crippen LogP contribution in [0, 0.1) is 5.82 Å². The zero-order valence-corrected chi connectivity index (χ0v) is 11.8. The Morgan fingerprint density at radius 2 is 1.95 bits per heavy atom. The number of nitrogens with two attached hydrogens (primary N) is 1. The monoisotopic (exact) mass is 295 g/mol. The second-order valence-electron chi connectivity index (χ2n) is 4.21. The van der Waals surface area contributed by atoms with Gasteiger partial charge in [0.2, 0.25) is 0 Å². The molecule has 2 rings (SSSR count). The molecule has 0 radical (unpaired) electrons. The molecule has 0 unspecified atom stereocenters. The lowest BCUT2D eigenvalue weighted by Crippen LogP contribution is -2.02. The molecule has 0 aliphatic carbocycles. The third-order valence-corrected chi connectivity index (χ3v) is 3.10. The van der Waals surface area contributed by atoms with E-state index in [0.29, 0.717) is 28.6 Å². The first kappa shape index (κ1) is 14.6. The Morgan fingerprint density at radius 3 is 2.60 bits per heavy atom. The average Bonchev–Trinajstić information content (AvgIpc) is 2.46. The van der Waals surface area contributed by atoms with Crippen LogP contribution in [0.5, 0.6) is 11.5 Å². The van der Waals surface area contributed by atoms with E-state index in [0.717, 1.165) is 5.56 Å². The summed E-state index contributed by atoms with van der Waals surface area (Å²) in [6, 6.07) is 9.88. The van der Waals surface area contributed by atoms with Crippen LogP contribution in [0.3, 0.4) is 0 Å². The minimum atomic E-state index is -0.393. The summed E-state index contributed by atoms with van der Waals surface area (Å²) in [5.41, 5.74) is 6.93. The number of hydrogen-bond acceptors (Lipinski definition) is 3. The molecular weight excluding hydrogens is 281 g/mol. The van der Waals surface area contributed by atoms with Gasteiger partial charge in [-0.1, -0.05) is 23.7 Å². The lowest BCUT2D eigenvalue weighted by atomic mass is 10.2. The van der Waals surface area contributed by atoms with Crippen molar-refractivity contribution in [1.82, 2.24) is 0 Å². The number of ether oxygens (including phenoxy) is 2. The third-order valence-electron chi connectivity index (χ3n) is 2.86. The quantitative estimate of drug-likeness (QED) is 0.918. The van der Waals surface area contributed by atoms with E-state index in [4.69, 9.17) is 26.8 Å². The van der Waals surface area contributed by atoms with E-state index in [2.05, 4.69) is 0 Å². The molecule has 0 amide bonds. The van der Waals surface area contributed by atoms with Gasteiger partial charge in [-0.15, -0.1) is 0 Å². The van der Waals surface area contributed by atoms with Crippen LogP contribution in [0.25, 0.3) is 0 Å². The maximum absolute atomic E-state index is 13.6. The summed E-state index contributed by atoms with van der Waals surface area (Å²) in [6.45, 7) is 0.518. The fourth-order valence-corrected chi connectivity index (χ4v) is 1.91. The van der Waals surface area contributed by atoms with Gasteiger partial charge in [0.15, 0.2) is 11.5 Å². The Kier molecular flexibility index (Phi) is 4.82. The summed E-state index contributed by atoms with van der Waals surface area (Å²) in [7, 11) is 1.55. The van der Waals surface area contributed by atoms with Crippen LogP contribution in [0.4, 0.5) is 4.39 Å². The van der Waals surface area contributed by atoms with Gasteiger partial charge in [0.05, 0.1) is 7.11 Å². The van der Waals surface area contributed by atoms with Crippen LogP contribution < -0.4 is 15.2 Å². The summed E-state index contributed by atoms with van der Waals surface area (Å²) >= 11 is 5.70. The molecule has 0 aromatic heterocycles. The van der Waals surface area contributed by atoms with Crippen LogP contribution in [-0.2, 0) is 13.2 Å². The molecule has 0 bridgehead atoms. The van der Waals surface area contributed by atoms with E-state index in [1.165, 1.54) is 6.07 Å². The standard InChI is InChI=1S/C15H15ClFNO2/c1-19-15-6-10(8-18)2-5-14(15)20-9-11-3-4-12(16)7-13(11)17/h2-7H,8-9,18H2,1H3. The van der Waals surface area contributed by atoms with Gasteiger partial charge in [0.1, 0.15) is 12.4 Å². The van der Waals surface area contributed by atoms with Crippen molar-refractivity contribution in [2.75, 3.05) is 7.11 Å². The second kappa shape index (κ2) is 6.59. The van der Waals surface area contributed by atoms with Crippen LogP contribution in [0.2, 0.25) is 5.02 Å². The molecule has 0 spiro atoms. The molecule has 0 atom stereocenters. The molecule has 0 saturated heterocycles. The highest BCUT2D eigenvalue weighted by Gasteiger charge is 2.08. The molecule has 3 nitrogen and oxygen atoms in total. The number of methoxy groups -OCH3 is 1. The minimum absolute atomic E-state index is 0.0985. The summed E-state index contributed by atoms with van der Waals surface area (Å²) in [6.07, 6.45) is 0. The lowest BCUT2D eigenvalue weighted by molar-refractivity contribution is 0.279. The van der Waals surface area contributed by atoms with Crippen molar-refractivity contribution in [2.24, 2.45) is 5.73 Å². The van der Waals surface area contributed by atoms with Crippen molar-refractivity contribution < 1.29 is 13.9 Å². The molecule has 0 aliphatic rings. The lowest BCUT2D eigenvalue weighted by Gasteiger charge is -2.12. The van der Waals surface area contributed by atoms with E-state index in [1.54, 1.807) is 31.4 Å². The normalized spacial score (nSPS) is 10.4. The molecule has 2 aromatic rings. The third kappa shape index (κ3) is 3.40. The van der Waals surface area contributed by atoms with E-state index < -0.39 is 5.82 Å². The Balaban J connectivity index is 2.14. The van der Waals surface area contributed by atoms with E-state index in [-0.39, 0.29) is 6.61 Å². The smallest absolute Gasteiger partial charge is 0.161 e. The van der Waals surface area contributed by atoms with Crippen LogP contribution >= 0.6 is 11.6 Å². The summed E-state index contributed by atoms with van der Waals surface area (Å²) in [4.78, 5) is 0. The highest BCUT2D eigenvalue weighted by Crippen LogP contribution is 2.29. The highest BCUT2D eigenvalue weighted by atomic mass is 35.5. The van der Waals surface area contributed by atoms with Crippen molar-refractivity contribution in [3.05, 3.63) is 58.4 Å². The number of halogens is 2. The van der Waals surface area contributed by atoms with E-state index >= 15 is 0 Å². The van der Waals surface area contributed by atoms with Gasteiger partial charge < -0.3 is 15.2 Å². The molecule has 0 saturated carbocycles. The SMILES string of the molecule is COc1cc(CN)ccc1OCc1ccc(Cl)cc1F. The highest BCUT2D eigenvalue weighted by molar-refractivity contribution is 6.30. The first-order chi connectivity index (χ1) is 9.63. The van der Waals surface area contributed by atoms with Crippen molar-refractivity contribution in [2.45, 2.75) is 13.2 Å². The second-order valence-corrected chi connectivity index (χ2v) is 4.65. The largest absolute Gasteiger partial charge is 0.493 e. The fraction of sp³-hybridized carbons (Fsp3) is 0.200. The number of rotatable bonds is 5. The van der Waals surface area contributed by atoms with Crippen LogP contribution in [0.1, 0.15) is 11.1 Å². The number of hydrogen-bond donors (Lipinski definition) is 1.